The number of hydrogen-bond donors (Lipinski definition) is 1. The van der Waals surface area contributed by atoms with Crippen molar-refractivity contribution in [1.82, 2.24) is 10.2 Å². The Bertz CT molecular complexity index is 682. The average Bonchev–Trinajstić information content (AvgIpc) is 2.92. The minimum atomic E-state index is -3.01. The monoisotopic (exact) mass is 370 g/mol. The third-order valence-corrected chi connectivity index (χ3v) is 6.88. The number of carbonyl (C=O) groups excluding carboxylic acids is 1. The molecule has 1 aromatic rings. The fourth-order valence-corrected chi connectivity index (χ4v) is 5.27. The molecule has 2 fully saturated rings. The molecular formula is C17H23ClN2O3S. The summed E-state index contributed by atoms with van der Waals surface area (Å²) in [6.07, 6.45) is 2.27. The van der Waals surface area contributed by atoms with Crippen LogP contribution >= 0.6 is 11.6 Å². The molecule has 24 heavy (non-hydrogen) atoms. The molecule has 1 aromatic carbocycles. The summed E-state index contributed by atoms with van der Waals surface area (Å²) in [5.74, 6) is -0.298. The third kappa shape index (κ3) is 4.71. The summed E-state index contributed by atoms with van der Waals surface area (Å²) in [5, 5.41) is 3.79. The first-order chi connectivity index (χ1) is 11.4. The predicted molar refractivity (Wildman–Crippen MR) is 94.7 cm³/mol. The quantitative estimate of drug-likeness (QED) is 0.878. The zero-order valence-corrected chi connectivity index (χ0v) is 15.2. The maximum atomic E-state index is 12.2. The van der Waals surface area contributed by atoms with Crippen molar-refractivity contribution in [1.29, 1.82) is 0 Å². The fraction of sp³-hybridized carbons (Fsp3) is 0.588. The van der Waals surface area contributed by atoms with E-state index in [1.54, 1.807) is 0 Å². The maximum Gasteiger partial charge on any atom is 0.224 e. The van der Waals surface area contributed by atoms with Crippen LogP contribution in [0.5, 0.6) is 0 Å². The standard InChI is InChI=1S/C17H23ClN2O3S/c18-15-3-1-13(2-4-15)11-20-8-5-16(6-9-20)19-17(21)14-7-10-24(22,23)12-14/h1-4,14,16H,5-12H2,(H,19,21). The van der Waals surface area contributed by atoms with Gasteiger partial charge in [-0.15, -0.1) is 0 Å². The van der Waals surface area contributed by atoms with Crippen molar-refractivity contribution in [3.05, 3.63) is 34.9 Å². The molecule has 3 rings (SSSR count). The summed E-state index contributed by atoms with van der Waals surface area (Å²) < 4.78 is 23.0. The number of nitrogens with zero attached hydrogens (tertiary/aromatic N) is 1. The zero-order valence-electron chi connectivity index (χ0n) is 13.6. The topological polar surface area (TPSA) is 66.5 Å². The molecule has 0 aromatic heterocycles. The Morgan fingerprint density at radius 3 is 2.42 bits per heavy atom. The van der Waals surface area contributed by atoms with Gasteiger partial charge >= 0.3 is 0 Å². The molecule has 0 bridgehead atoms. The highest BCUT2D eigenvalue weighted by Crippen LogP contribution is 2.20. The second kappa shape index (κ2) is 7.42. The van der Waals surface area contributed by atoms with E-state index in [-0.39, 0.29) is 29.4 Å². The van der Waals surface area contributed by atoms with E-state index in [4.69, 9.17) is 11.6 Å². The summed E-state index contributed by atoms with van der Waals surface area (Å²) in [6, 6.07) is 8.04. The van der Waals surface area contributed by atoms with Gasteiger partial charge in [-0.2, -0.15) is 0 Å². The second-order valence-electron chi connectivity index (χ2n) is 6.79. The summed E-state index contributed by atoms with van der Waals surface area (Å²) in [7, 11) is -3.01. The van der Waals surface area contributed by atoms with Crippen molar-refractivity contribution >= 4 is 27.3 Å². The lowest BCUT2D eigenvalue weighted by Crippen LogP contribution is -2.46. The molecule has 2 aliphatic heterocycles. The van der Waals surface area contributed by atoms with Gasteiger partial charge in [0.25, 0.3) is 0 Å². The lowest BCUT2D eigenvalue weighted by molar-refractivity contribution is -0.125. The predicted octanol–water partition coefficient (Wildman–Crippen LogP) is 1.86. The van der Waals surface area contributed by atoms with Gasteiger partial charge in [0.15, 0.2) is 9.84 Å². The number of piperidine rings is 1. The van der Waals surface area contributed by atoms with E-state index < -0.39 is 9.84 Å². The van der Waals surface area contributed by atoms with Gasteiger partial charge in [-0.25, -0.2) is 8.42 Å². The molecular weight excluding hydrogens is 348 g/mol. The van der Waals surface area contributed by atoms with Gasteiger partial charge in [0.1, 0.15) is 0 Å². The first-order valence-corrected chi connectivity index (χ1v) is 10.6. The van der Waals surface area contributed by atoms with E-state index in [2.05, 4.69) is 10.2 Å². The Morgan fingerprint density at radius 2 is 1.83 bits per heavy atom. The molecule has 1 N–H and O–H groups in total. The minimum absolute atomic E-state index is 0.00818. The molecule has 1 amide bonds. The molecule has 2 heterocycles. The molecule has 0 spiro atoms. The molecule has 2 aliphatic rings. The summed E-state index contributed by atoms with van der Waals surface area (Å²) in [4.78, 5) is 14.6. The van der Waals surface area contributed by atoms with Crippen LogP contribution in [-0.2, 0) is 21.2 Å². The molecule has 7 heteroatoms. The highest BCUT2D eigenvalue weighted by atomic mass is 35.5. The van der Waals surface area contributed by atoms with Crippen LogP contribution in [0.3, 0.4) is 0 Å². The van der Waals surface area contributed by atoms with Crippen molar-refractivity contribution in [3.8, 4) is 0 Å². The summed E-state index contributed by atoms with van der Waals surface area (Å²) in [5.41, 5.74) is 1.23. The smallest absolute Gasteiger partial charge is 0.224 e. The molecule has 2 saturated heterocycles. The van der Waals surface area contributed by atoms with E-state index in [0.29, 0.717) is 6.42 Å². The van der Waals surface area contributed by atoms with Gasteiger partial charge in [-0.3, -0.25) is 9.69 Å². The number of nitrogens with one attached hydrogen (secondary N) is 1. The van der Waals surface area contributed by atoms with Gasteiger partial charge in [-0.05, 0) is 37.0 Å². The number of likely N-dealkylation sites (tertiary alicyclic amines) is 1. The van der Waals surface area contributed by atoms with Crippen LogP contribution in [-0.4, -0.2) is 49.9 Å². The normalized spacial score (nSPS) is 24.8. The molecule has 0 saturated carbocycles. The van der Waals surface area contributed by atoms with Crippen molar-refractivity contribution in [2.75, 3.05) is 24.6 Å². The van der Waals surface area contributed by atoms with E-state index in [1.165, 1.54) is 5.56 Å². The first-order valence-electron chi connectivity index (χ1n) is 8.39. The van der Waals surface area contributed by atoms with Crippen LogP contribution in [0.15, 0.2) is 24.3 Å². The Balaban J connectivity index is 1.43. The van der Waals surface area contributed by atoms with Gasteiger partial charge in [0, 0.05) is 30.7 Å². The lowest BCUT2D eigenvalue weighted by Gasteiger charge is -2.32. The SMILES string of the molecule is O=C(NC1CCN(Cc2ccc(Cl)cc2)CC1)C1CCS(=O)(=O)C1. The second-order valence-corrected chi connectivity index (χ2v) is 9.45. The first kappa shape index (κ1) is 17.7. The van der Waals surface area contributed by atoms with Crippen LogP contribution in [0.4, 0.5) is 0 Å². The third-order valence-electron chi connectivity index (χ3n) is 4.86. The van der Waals surface area contributed by atoms with Crippen LogP contribution in [0.25, 0.3) is 0 Å². The molecule has 0 aliphatic carbocycles. The summed E-state index contributed by atoms with van der Waals surface area (Å²) >= 11 is 5.90. The Labute approximate surface area is 148 Å². The van der Waals surface area contributed by atoms with E-state index in [9.17, 15) is 13.2 Å². The largest absolute Gasteiger partial charge is 0.353 e. The maximum absolute atomic E-state index is 12.2. The van der Waals surface area contributed by atoms with E-state index >= 15 is 0 Å². The van der Waals surface area contributed by atoms with Crippen molar-refractivity contribution < 1.29 is 13.2 Å². The zero-order chi connectivity index (χ0) is 17.2. The van der Waals surface area contributed by atoms with Crippen LogP contribution in [0, 0.1) is 5.92 Å². The Kier molecular flexibility index (Phi) is 5.47. The minimum Gasteiger partial charge on any atom is -0.353 e. The molecule has 1 atom stereocenters. The van der Waals surface area contributed by atoms with Gasteiger partial charge in [-0.1, -0.05) is 23.7 Å². The van der Waals surface area contributed by atoms with E-state index in [1.807, 2.05) is 24.3 Å². The fourth-order valence-electron chi connectivity index (χ4n) is 3.40. The average molecular weight is 371 g/mol. The number of carbonyl (C=O) groups is 1. The number of benzene rings is 1. The number of amides is 1. The molecule has 0 radical (unpaired) electrons. The Hall–Kier alpha value is -1.11. The molecule has 5 nitrogen and oxygen atoms in total. The molecule has 1 unspecified atom stereocenters. The van der Waals surface area contributed by atoms with Gasteiger partial charge in [0.2, 0.25) is 5.91 Å². The van der Waals surface area contributed by atoms with Crippen molar-refractivity contribution in [3.63, 3.8) is 0 Å². The van der Waals surface area contributed by atoms with Gasteiger partial charge < -0.3 is 5.32 Å². The van der Waals surface area contributed by atoms with Crippen LogP contribution in [0.1, 0.15) is 24.8 Å². The van der Waals surface area contributed by atoms with Crippen LogP contribution in [0.2, 0.25) is 5.02 Å². The summed E-state index contributed by atoms with van der Waals surface area (Å²) in [6.45, 7) is 2.74. The molecule has 132 valence electrons. The van der Waals surface area contributed by atoms with Crippen molar-refractivity contribution in [2.24, 2.45) is 5.92 Å². The van der Waals surface area contributed by atoms with Gasteiger partial charge in [0.05, 0.1) is 17.4 Å². The lowest BCUT2D eigenvalue weighted by atomic mass is 10.0. The number of rotatable bonds is 4. The number of sulfone groups is 1. The Morgan fingerprint density at radius 1 is 1.17 bits per heavy atom. The highest BCUT2D eigenvalue weighted by Gasteiger charge is 2.34. The highest BCUT2D eigenvalue weighted by molar-refractivity contribution is 7.91. The number of halogens is 1. The van der Waals surface area contributed by atoms with Crippen molar-refractivity contribution in [2.45, 2.75) is 31.8 Å². The van der Waals surface area contributed by atoms with Crippen LogP contribution < -0.4 is 5.32 Å². The number of hydrogen-bond acceptors (Lipinski definition) is 4. The van der Waals surface area contributed by atoms with E-state index in [0.717, 1.165) is 37.5 Å².